The molecule has 0 unspecified atom stereocenters. The van der Waals surface area contributed by atoms with Crippen LogP contribution in [0.4, 0.5) is 4.39 Å². The lowest BCUT2D eigenvalue weighted by molar-refractivity contribution is 0.0272. The molecule has 0 fully saturated rings. The van der Waals surface area contributed by atoms with Crippen LogP contribution in [0.5, 0.6) is 5.75 Å². The van der Waals surface area contributed by atoms with Gasteiger partial charge < -0.3 is 9.84 Å². The third-order valence-electron chi connectivity index (χ3n) is 1.67. The molecule has 2 nitrogen and oxygen atoms in total. The molecule has 1 rings (SSSR count). The molecule has 0 saturated heterocycles. The Morgan fingerprint density at radius 3 is 2.57 bits per heavy atom. The van der Waals surface area contributed by atoms with Gasteiger partial charge in [0.25, 0.3) is 0 Å². The van der Waals surface area contributed by atoms with Gasteiger partial charge in [0.15, 0.2) is 11.6 Å². The number of hydrogen-bond donors (Lipinski definition) is 1. The molecule has 0 radical (unpaired) electrons. The van der Waals surface area contributed by atoms with Crippen molar-refractivity contribution in [1.29, 1.82) is 0 Å². The van der Waals surface area contributed by atoms with E-state index in [1.165, 1.54) is 6.07 Å². The molecule has 0 saturated carbocycles. The van der Waals surface area contributed by atoms with E-state index in [0.717, 1.165) is 5.56 Å². The van der Waals surface area contributed by atoms with Crippen molar-refractivity contribution in [3.63, 3.8) is 0 Å². The van der Waals surface area contributed by atoms with Crippen molar-refractivity contribution in [2.75, 3.05) is 6.61 Å². The van der Waals surface area contributed by atoms with E-state index in [0.29, 0.717) is 0 Å². The summed E-state index contributed by atoms with van der Waals surface area (Å²) in [7, 11) is 0. The van der Waals surface area contributed by atoms with Crippen molar-refractivity contribution >= 4 is 0 Å². The van der Waals surface area contributed by atoms with Crippen molar-refractivity contribution in [2.45, 2.75) is 26.4 Å². The average molecular weight is 198 g/mol. The van der Waals surface area contributed by atoms with Crippen LogP contribution >= 0.6 is 0 Å². The van der Waals surface area contributed by atoms with Crippen LogP contribution in [-0.4, -0.2) is 17.3 Å². The Hall–Kier alpha value is -1.09. The quantitative estimate of drug-likeness (QED) is 0.807. The summed E-state index contributed by atoms with van der Waals surface area (Å²) in [4.78, 5) is 0. The van der Waals surface area contributed by atoms with Crippen LogP contribution in [0.15, 0.2) is 18.2 Å². The zero-order chi connectivity index (χ0) is 10.8. The highest BCUT2D eigenvalue weighted by atomic mass is 19.1. The highest BCUT2D eigenvalue weighted by Crippen LogP contribution is 2.19. The summed E-state index contributed by atoms with van der Waals surface area (Å²) in [6.07, 6.45) is 0. The summed E-state index contributed by atoms with van der Waals surface area (Å²) in [6, 6.07) is 4.74. The predicted molar refractivity (Wildman–Crippen MR) is 52.9 cm³/mol. The Kier molecular flexibility index (Phi) is 3.11. The Morgan fingerprint density at radius 2 is 2.07 bits per heavy atom. The van der Waals surface area contributed by atoms with Gasteiger partial charge in [0.05, 0.1) is 5.60 Å². The van der Waals surface area contributed by atoms with Crippen LogP contribution in [0.3, 0.4) is 0 Å². The van der Waals surface area contributed by atoms with Gasteiger partial charge >= 0.3 is 0 Å². The summed E-state index contributed by atoms with van der Waals surface area (Å²) in [5, 5.41) is 9.38. The first kappa shape index (κ1) is 11.0. The van der Waals surface area contributed by atoms with Gasteiger partial charge in [0.1, 0.15) is 6.61 Å². The topological polar surface area (TPSA) is 29.5 Å². The first-order valence-electron chi connectivity index (χ1n) is 4.50. The first-order valence-corrected chi connectivity index (χ1v) is 4.50. The highest BCUT2D eigenvalue weighted by molar-refractivity contribution is 5.28. The van der Waals surface area contributed by atoms with Crippen LogP contribution in [0, 0.1) is 12.7 Å². The van der Waals surface area contributed by atoms with Crippen LogP contribution in [0.2, 0.25) is 0 Å². The van der Waals surface area contributed by atoms with Gasteiger partial charge in [-0.15, -0.1) is 0 Å². The molecule has 0 aliphatic carbocycles. The molecule has 0 aliphatic rings. The Bertz CT molecular complexity index is 316. The molecule has 0 aliphatic heterocycles. The second-order valence-corrected chi connectivity index (χ2v) is 4.03. The molecule has 14 heavy (non-hydrogen) atoms. The number of benzene rings is 1. The molecule has 1 aromatic carbocycles. The molecule has 3 heteroatoms. The molecule has 1 aromatic rings. The summed E-state index contributed by atoms with van der Waals surface area (Å²) in [6.45, 7) is 5.11. The van der Waals surface area contributed by atoms with Gasteiger partial charge in [-0.3, -0.25) is 0 Å². The van der Waals surface area contributed by atoms with Crippen LogP contribution in [-0.2, 0) is 0 Å². The van der Waals surface area contributed by atoms with E-state index in [9.17, 15) is 9.50 Å². The third kappa shape index (κ3) is 3.34. The van der Waals surface area contributed by atoms with Gasteiger partial charge in [-0.25, -0.2) is 4.39 Å². The fourth-order valence-corrected chi connectivity index (χ4v) is 0.977. The zero-order valence-corrected chi connectivity index (χ0v) is 8.67. The molecule has 0 atom stereocenters. The van der Waals surface area contributed by atoms with E-state index in [1.54, 1.807) is 26.0 Å². The summed E-state index contributed by atoms with van der Waals surface area (Å²) in [5.41, 5.74) is -0.102. The number of ether oxygens (including phenoxy) is 1. The average Bonchev–Trinajstić information content (AvgIpc) is 2.00. The highest BCUT2D eigenvalue weighted by Gasteiger charge is 2.14. The second-order valence-electron chi connectivity index (χ2n) is 4.03. The Balaban J connectivity index is 2.68. The van der Waals surface area contributed by atoms with Gasteiger partial charge in [-0.05, 0) is 38.5 Å². The van der Waals surface area contributed by atoms with Crippen molar-refractivity contribution in [1.82, 2.24) is 0 Å². The fourth-order valence-electron chi connectivity index (χ4n) is 0.977. The van der Waals surface area contributed by atoms with Crippen LogP contribution < -0.4 is 4.74 Å². The Labute approximate surface area is 83.3 Å². The Morgan fingerprint density at radius 1 is 1.43 bits per heavy atom. The maximum absolute atomic E-state index is 13.2. The molecular formula is C11H15FO2. The van der Waals surface area contributed by atoms with Crippen molar-refractivity contribution < 1.29 is 14.2 Å². The molecule has 0 bridgehead atoms. The second kappa shape index (κ2) is 3.96. The molecule has 0 heterocycles. The molecule has 0 aromatic heterocycles. The summed E-state index contributed by atoms with van der Waals surface area (Å²) < 4.78 is 18.4. The number of halogens is 1. The monoisotopic (exact) mass is 198 g/mol. The zero-order valence-electron chi connectivity index (χ0n) is 8.67. The third-order valence-corrected chi connectivity index (χ3v) is 1.67. The maximum Gasteiger partial charge on any atom is 0.165 e. The largest absolute Gasteiger partial charge is 0.488 e. The fraction of sp³-hybridized carbons (Fsp3) is 0.455. The standard InChI is InChI=1S/C11H15FO2/c1-8-4-5-10(9(12)6-8)14-7-11(2,3)13/h4-6,13H,7H2,1-3H3. The van der Waals surface area contributed by atoms with E-state index in [2.05, 4.69) is 0 Å². The minimum atomic E-state index is -0.947. The first-order chi connectivity index (χ1) is 6.38. The van der Waals surface area contributed by atoms with E-state index >= 15 is 0 Å². The normalized spacial score (nSPS) is 11.5. The molecule has 0 amide bonds. The van der Waals surface area contributed by atoms with E-state index in [-0.39, 0.29) is 12.4 Å². The lowest BCUT2D eigenvalue weighted by atomic mass is 10.1. The van der Waals surface area contributed by atoms with Crippen molar-refractivity contribution in [2.24, 2.45) is 0 Å². The predicted octanol–water partition coefficient (Wildman–Crippen LogP) is 2.28. The molecule has 78 valence electrons. The van der Waals surface area contributed by atoms with Gasteiger partial charge in [0, 0.05) is 0 Å². The SMILES string of the molecule is Cc1ccc(OCC(C)(C)O)c(F)c1. The van der Waals surface area contributed by atoms with E-state index < -0.39 is 11.4 Å². The van der Waals surface area contributed by atoms with E-state index in [1.807, 2.05) is 6.92 Å². The number of hydrogen-bond acceptors (Lipinski definition) is 2. The van der Waals surface area contributed by atoms with Gasteiger partial charge in [-0.2, -0.15) is 0 Å². The number of rotatable bonds is 3. The lowest BCUT2D eigenvalue weighted by Crippen LogP contribution is -2.28. The van der Waals surface area contributed by atoms with Crippen LogP contribution in [0.25, 0.3) is 0 Å². The van der Waals surface area contributed by atoms with Gasteiger partial charge in [-0.1, -0.05) is 6.07 Å². The number of aryl methyl sites for hydroxylation is 1. The molecule has 1 N–H and O–H groups in total. The van der Waals surface area contributed by atoms with Crippen LogP contribution in [0.1, 0.15) is 19.4 Å². The molecular weight excluding hydrogens is 183 g/mol. The van der Waals surface area contributed by atoms with Gasteiger partial charge in [0.2, 0.25) is 0 Å². The van der Waals surface area contributed by atoms with E-state index in [4.69, 9.17) is 4.74 Å². The summed E-state index contributed by atoms with van der Waals surface area (Å²) >= 11 is 0. The smallest absolute Gasteiger partial charge is 0.165 e. The van der Waals surface area contributed by atoms with Crippen molar-refractivity contribution in [3.8, 4) is 5.75 Å². The maximum atomic E-state index is 13.2. The summed E-state index contributed by atoms with van der Waals surface area (Å²) in [5.74, 6) is -0.216. The lowest BCUT2D eigenvalue weighted by Gasteiger charge is -2.18. The minimum Gasteiger partial charge on any atom is -0.488 e. The van der Waals surface area contributed by atoms with Crippen molar-refractivity contribution in [3.05, 3.63) is 29.6 Å². The minimum absolute atomic E-state index is 0.0764. The molecule has 0 spiro atoms. The number of aliphatic hydroxyl groups is 1.